The van der Waals surface area contributed by atoms with Crippen LogP contribution in [0.5, 0.6) is 0 Å². The zero-order valence-corrected chi connectivity index (χ0v) is 12.4. The first-order valence-electron chi connectivity index (χ1n) is 6.66. The quantitative estimate of drug-likeness (QED) is 0.463. The molecule has 0 aliphatic heterocycles. The Balaban J connectivity index is 4.00. The number of thiocarbonyl (C=S) groups is 1. The molecule has 0 aliphatic rings. The van der Waals surface area contributed by atoms with Gasteiger partial charge in [-0.2, -0.15) is 0 Å². The zero-order valence-electron chi connectivity index (χ0n) is 11.6. The number of methoxy groups -OCH3 is 1. The average molecular weight is 274 g/mol. The molecule has 0 aromatic rings. The van der Waals surface area contributed by atoms with Crippen molar-refractivity contribution in [1.82, 2.24) is 4.90 Å². The summed E-state index contributed by atoms with van der Waals surface area (Å²) < 4.78 is 5.01. The topological polar surface area (TPSA) is 55.6 Å². The molecule has 106 valence electrons. The SMILES string of the molecule is CCCCCCC(=O)N(CCOC)CCC(N)=S. The lowest BCUT2D eigenvalue weighted by Gasteiger charge is -2.22. The summed E-state index contributed by atoms with van der Waals surface area (Å²) in [6.45, 7) is 3.93. The van der Waals surface area contributed by atoms with Crippen LogP contribution >= 0.6 is 12.2 Å². The number of nitrogens with zero attached hydrogens (tertiary/aromatic N) is 1. The smallest absolute Gasteiger partial charge is 0.222 e. The van der Waals surface area contributed by atoms with E-state index in [1.165, 1.54) is 12.8 Å². The summed E-state index contributed by atoms with van der Waals surface area (Å²) in [5.74, 6) is 0.180. The summed E-state index contributed by atoms with van der Waals surface area (Å²) >= 11 is 4.84. The molecule has 2 N–H and O–H groups in total. The Morgan fingerprint density at radius 1 is 1.22 bits per heavy atom. The van der Waals surface area contributed by atoms with Gasteiger partial charge in [0.2, 0.25) is 5.91 Å². The van der Waals surface area contributed by atoms with E-state index in [4.69, 9.17) is 22.7 Å². The van der Waals surface area contributed by atoms with Crippen LogP contribution in [-0.2, 0) is 9.53 Å². The second-order valence-electron chi connectivity index (χ2n) is 4.40. The van der Waals surface area contributed by atoms with Gasteiger partial charge in [-0.05, 0) is 6.42 Å². The molecule has 0 aromatic heterocycles. The van der Waals surface area contributed by atoms with Gasteiger partial charge in [0.15, 0.2) is 0 Å². The number of rotatable bonds is 11. The van der Waals surface area contributed by atoms with Gasteiger partial charge in [-0.15, -0.1) is 0 Å². The third-order valence-electron chi connectivity index (χ3n) is 2.79. The number of carbonyl (C=O) groups excluding carboxylic acids is 1. The van der Waals surface area contributed by atoms with Crippen molar-refractivity contribution in [2.24, 2.45) is 5.73 Å². The standard InChI is InChI=1S/C13H26N2O2S/c1-3-4-5-6-7-13(16)15(10-11-17-2)9-8-12(14)18/h3-11H2,1-2H3,(H2,14,18). The summed E-state index contributed by atoms with van der Waals surface area (Å²) in [7, 11) is 1.64. The fourth-order valence-electron chi connectivity index (χ4n) is 1.67. The summed E-state index contributed by atoms with van der Waals surface area (Å²) in [6.07, 6.45) is 5.65. The van der Waals surface area contributed by atoms with Gasteiger partial charge in [0, 0.05) is 33.0 Å². The molecule has 0 rings (SSSR count). The van der Waals surface area contributed by atoms with Crippen LogP contribution in [0.1, 0.15) is 45.4 Å². The number of ether oxygens (including phenoxy) is 1. The lowest BCUT2D eigenvalue weighted by molar-refractivity contribution is -0.131. The van der Waals surface area contributed by atoms with E-state index in [0.29, 0.717) is 37.5 Å². The Morgan fingerprint density at radius 3 is 2.50 bits per heavy atom. The molecule has 0 atom stereocenters. The Morgan fingerprint density at radius 2 is 1.94 bits per heavy atom. The minimum absolute atomic E-state index is 0.180. The van der Waals surface area contributed by atoms with Crippen LogP contribution in [0.4, 0.5) is 0 Å². The molecule has 1 amide bonds. The van der Waals surface area contributed by atoms with Crippen molar-refractivity contribution < 1.29 is 9.53 Å². The van der Waals surface area contributed by atoms with E-state index < -0.39 is 0 Å². The number of unbranched alkanes of at least 4 members (excludes halogenated alkanes) is 3. The molecule has 0 bridgehead atoms. The molecule has 0 aromatic carbocycles. The first-order valence-corrected chi connectivity index (χ1v) is 7.07. The van der Waals surface area contributed by atoms with Gasteiger partial charge in [-0.1, -0.05) is 38.4 Å². The predicted octanol–water partition coefficient (Wildman–Crippen LogP) is 2.11. The van der Waals surface area contributed by atoms with E-state index >= 15 is 0 Å². The fourth-order valence-corrected chi connectivity index (χ4v) is 1.76. The second kappa shape index (κ2) is 11.4. The van der Waals surface area contributed by atoms with Crippen LogP contribution in [0.3, 0.4) is 0 Å². The molecular weight excluding hydrogens is 248 g/mol. The van der Waals surface area contributed by atoms with E-state index in [9.17, 15) is 4.79 Å². The molecule has 0 saturated heterocycles. The molecule has 18 heavy (non-hydrogen) atoms. The lowest BCUT2D eigenvalue weighted by Crippen LogP contribution is -2.36. The van der Waals surface area contributed by atoms with E-state index in [-0.39, 0.29) is 5.91 Å². The number of nitrogens with two attached hydrogens (primary N) is 1. The summed E-state index contributed by atoms with van der Waals surface area (Å²) in [6, 6.07) is 0. The van der Waals surface area contributed by atoms with E-state index in [1.807, 2.05) is 0 Å². The minimum Gasteiger partial charge on any atom is -0.393 e. The van der Waals surface area contributed by atoms with Gasteiger partial charge >= 0.3 is 0 Å². The van der Waals surface area contributed by atoms with Gasteiger partial charge in [-0.25, -0.2) is 0 Å². The number of carbonyl (C=O) groups is 1. The molecule has 0 spiro atoms. The van der Waals surface area contributed by atoms with Crippen LogP contribution in [0, 0.1) is 0 Å². The Hall–Kier alpha value is -0.680. The van der Waals surface area contributed by atoms with E-state index in [1.54, 1.807) is 12.0 Å². The van der Waals surface area contributed by atoms with Crippen molar-refractivity contribution in [3.05, 3.63) is 0 Å². The van der Waals surface area contributed by atoms with Crippen molar-refractivity contribution in [2.75, 3.05) is 26.8 Å². The first-order chi connectivity index (χ1) is 8.61. The largest absolute Gasteiger partial charge is 0.393 e. The highest BCUT2D eigenvalue weighted by molar-refractivity contribution is 7.80. The highest BCUT2D eigenvalue weighted by Gasteiger charge is 2.12. The molecule has 0 radical (unpaired) electrons. The van der Waals surface area contributed by atoms with Crippen LogP contribution in [0.15, 0.2) is 0 Å². The number of hydrogen-bond donors (Lipinski definition) is 1. The Bertz CT molecular complexity index is 247. The summed E-state index contributed by atoms with van der Waals surface area (Å²) in [4.78, 5) is 14.3. The first kappa shape index (κ1) is 17.3. The highest BCUT2D eigenvalue weighted by Crippen LogP contribution is 2.06. The third-order valence-corrected chi connectivity index (χ3v) is 2.99. The molecule has 4 nitrogen and oxygen atoms in total. The van der Waals surface area contributed by atoms with Crippen LogP contribution in [0.2, 0.25) is 0 Å². The normalized spacial score (nSPS) is 10.3. The average Bonchev–Trinajstić information content (AvgIpc) is 2.34. The van der Waals surface area contributed by atoms with E-state index in [2.05, 4.69) is 6.92 Å². The Labute approximate surface area is 116 Å². The third kappa shape index (κ3) is 9.36. The molecule has 0 aliphatic carbocycles. The summed E-state index contributed by atoms with van der Waals surface area (Å²) in [5, 5.41) is 0. The Kier molecular flexibility index (Phi) is 11.0. The fraction of sp³-hybridized carbons (Fsp3) is 0.846. The molecule has 5 heteroatoms. The van der Waals surface area contributed by atoms with Crippen molar-refractivity contribution in [2.45, 2.75) is 45.4 Å². The van der Waals surface area contributed by atoms with Crippen LogP contribution in [-0.4, -0.2) is 42.6 Å². The molecule has 0 fully saturated rings. The van der Waals surface area contributed by atoms with Gasteiger partial charge in [0.1, 0.15) is 0 Å². The highest BCUT2D eigenvalue weighted by atomic mass is 32.1. The van der Waals surface area contributed by atoms with Gasteiger partial charge < -0.3 is 15.4 Å². The molecule has 0 heterocycles. The second-order valence-corrected chi connectivity index (χ2v) is 4.92. The maximum atomic E-state index is 12.0. The van der Waals surface area contributed by atoms with Crippen LogP contribution in [0.25, 0.3) is 0 Å². The number of amides is 1. The molecular formula is C13H26N2O2S. The minimum atomic E-state index is 0.180. The van der Waals surface area contributed by atoms with Gasteiger partial charge in [0.25, 0.3) is 0 Å². The maximum absolute atomic E-state index is 12.0. The van der Waals surface area contributed by atoms with Crippen LogP contribution < -0.4 is 5.73 Å². The predicted molar refractivity (Wildman–Crippen MR) is 78.6 cm³/mol. The maximum Gasteiger partial charge on any atom is 0.222 e. The molecule has 0 saturated carbocycles. The monoisotopic (exact) mass is 274 g/mol. The van der Waals surface area contributed by atoms with Gasteiger partial charge in [-0.3, -0.25) is 4.79 Å². The van der Waals surface area contributed by atoms with Gasteiger partial charge in [0.05, 0.1) is 11.6 Å². The van der Waals surface area contributed by atoms with Crippen molar-refractivity contribution in [1.29, 1.82) is 0 Å². The van der Waals surface area contributed by atoms with Crippen molar-refractivity contribution in [3.63, 3.8) is 0 Å². The molecule has 0 unspecified atom stereocenters. The van der Waals surface area contributed by atoms with E-state index in [0.717, 1.165) is 12.8 Å². The van der Waals surface area contributed by atoms with Crippen molar-refractivity contribution >= 4 is 23.1 Å². The zero-order chi connectivity index (χ0) is 13.8. The lowest BCUT2D eigenvalue weighted by atomic mass is 10.1. The van der Waals surface area contributed by atoms with Crippen molar-refractivity contribution in [3.8, 4) is 0 Å². The number of hydrogen-bond acceptors (Lipinski definition) is 3. The summed E-state index contributed by atoms with van der Waals surface area (Å²) in [5.41, 5.74) is 5.47.